The number of nitrogens with zero attached hydrogens (tertiary/aromatic N) is 1. The largest absolute Gasteiger partial charge is 0.322 e. The molecule has 0 aromatic carbocycles. The lowest BCUT2D eigenvalue weighted by molar-refractivity contribution is -0.115. The van der Waals surface area contributed by atoms with Gasteiger partial charge in [-0.2, -0.15) is 5.26 Å². The fourth-order valence-corrected chi connectivity index (χ4v) is 1.66. The molecule has 1 saturated heterocycles. The Hall–Kier alpha value is -1.82. The molecule has 0 spiro atoms. The molecule has 2 rings (SSSR count). The van der Waals surface area contributed by atoms with Crippen molar-refractivity contribution in [2.75, 3.05) is 0 Å². The van der Waals surface area contributed by atoms with Crippen molar-refractivity contribution in [1.82, 2.24) is 5.32 Å². The Labute approximate surface area is 76.0 Å². The molecular formula is C10H8N2O. The van der Waals surface area contributed by atoms with Gasteiger partial charge in [-0.15, -0.1) is 0 Å². The van der Waals surface area contributed by atoms with E-state index in [4.69, 9.17) is 5.26 Å². The van der Waals surface area contributed by atoms with Gasteiger partial charge in [0.05, 0.1) is 11.6 Å². The second kappa shape index (κ2) is 2.60. The zero-order chi connectivity index (χ0) is 9.42. The van der Waals surface area contributed by atoms with Crippen LogP contribution in [0.15, 0.2) is 35.1 Å². The van der Waals surface area contributed by atoms with Crippen molar-refractivity contribution in [3.63, 3.8) is 0 Å². The molecule has 0 bridgehead atoms. The van der Waals surface area contributed by atoms with Gasteiger partial charge in [0.25, 0.3) is 5.91 Å². The van der Waals surface area contributed by atoms with Crippen molar-refractivity contribution in [2.45, 2.75) is 12.8 Å². The molecule has 0 aromatic rings. The van der Waals surface area contributed by atoms with Gasteiger partial charge in [0.2, 0.25) is 0 Å². The normalized spacial score (nSPS) is 20.7. The molecule has 1 heterocycles. The van der Waals surface area contributed by atoms with Crippen LogP contribution in [0.4, 0.5) is 0 Å². The Bertz CT molecular complexity index is 407. The van der Waals surface area contributed by atoms with Gasteiger partial charge in [0.15, 0.2) is 0 Å². The molecule has 1 amide bonds. The highest BCUT2D eigenvalue weighted by molar-refractivity contribution is 6.06. The van der Waals surface area contributed by atoms with Crippen LogP contribution in [0.3, 0.4) is 0 Å². The third kappa shape index (κ3) is 0.994. The third-order valence-electron chi connectivity index (χ3n) is 2.27. The van der Waals surface area contributed by atoms with Crippen molar-refractivity contribution in [1.29, 1.82) is 5.26 Å². The van der Waals surface area contributed by atoms with Crippen molar-refractivity contribution < 1.29 is 4.79 Å². The molecular weight excluding hydrogens is 164 g/mol. The first-order chi connectivity index (χ1) is 6.24. The van der Waals surface area contributed by atoms with Gasteiger partial charge in [0.1, 0.15) is 0 Å². The standard InChI is InChI=1S/C10H8N2O/c1-6-8-4-2-3-7(5-11)9(8)10(13)12-6/h4H,1-3H2,(H,12,13). The monoisotopic (exact) mass is 172 g/mol. The van der Waals surface area contributed by atoms with E-state index in [9.17, 15) is 4.79 Å². The van der Waals surface area contributed by atoms with Crippen molar-refractivity contribution in [2.24, 2.45) is 0 Å². The lowest BCUT2D eigenvalue weighted by Gasteiger charge is -2.07. The number of carbonyl (C=O) groups is 1. The molecule has 0 aromatic heterocycles. The van der Waals surface area contributed by atoms with Crippen LogP contribution in [-0.4, -0.2) is 5.91 Å². The predicted octanol–water partition coefficient (Wildman–Crippen LogP) is 1.17. The average molecular weight is 172 g/mol. The summed E-state index contributed by atoms with van der Waals surface area (Å²) < 4.78 is 0. The number of hydrogen-bond acceptors (Lipinski definition) is 2. The highest BCUT2D eigenvalue weighted by Gasteiger charge is 2.30. The van der Waals surface area contributed by atoms with E-state index in [1.54, 1.807) is 0 Å². The van der Waals surface area contributed by atoms with E-state index >= 15 is 0 Å². The van der Waals surface area contributed by atoms with Crippen molar-refractivity contribution in [3.8, 4) is 6.07 Å². The summed E-state index contributed by atoms with van der Waals surface area (Å²) >= 11 is 0. The Morgan fingerprint density at radius 2 is 2.38 bits per heavy atom. The number of nitrogens with one attached hydrogen (secondary N) is 1. The Morgan fingerprint density at radius 3 is 3.08 bits per heavy atom. The van der Waals surface area contributed by atoms with Crippen LogP contribution >= 0.6 is 0 Å². The molecule has 1 fully saturated rings. The smallest absolute Gasteiger partial charge is 0.257 e. The lowest BCUT2D eigenvalue weighted by atomic mass is 9.92. The van der Waals surface area contributed by atoms with Gasteiger partial charge in [0, 0.05) is 16.8 Å². The number of allylic oxidation sites excluding steroid dienone is 3. The minimum absolute atomic E-state index is 0.187. The summed E-state index contributed by atoms with van der Waals surface area (Å²) in [5.74, 6) is -0.187. The minimum atomic E-state index is -0.187. The van der Waals surface area contributed by atoms with Gasteiger partial charge in [-0.25, -0.2) is 0 Å². The minimum Gasteiger partial charge on any atom is -0.322 e. The van der Waals surface area contributed by atoms with Crippen LogP contribution < -0.4 is 5.32 Å². The van der Waals surface area contributed by atoms with E-state index in [2.05, 4.69) is 18.0 Å². The highest BCUT2D eigenvalue weighted by atomic mass is 16.2. The molecule has 3 heteroatoms. The fraction of sp³-hybridized carbons (Fsp3) is 0.200. The van der Waals surface area contributed by atoms with Gasteiger partial charge >= 0.3 is 0 Å². The maximum absolute atomic E-state index is 11.4. The van der Waals surface area contributed by atoms with Crippen LogP contribution in [0.1, 0.15) is 12.8 Å². The molecule has 0 atom stereocenters. The van der Waals surface area contributed by atoms with Crippen LogP contribution in [0.2, 0.25) is 0 Å². The fourth-order valence-electron chi connectivity index (χ4n) is 1.66. The summed E-state index contributed by atoms with van der Waals surface area (Å²) in [6, 6.07) is 2.06. The summed E-state index contributed by atoms with van der Waals surface area (Å²) in [7, 11) is 0. The topological polar surface area (TPSA) is 52.9 Å². The number of rotatable bonds is 0. The van der Waals surface area contributed by atoms with E-state index in [-0.39, 0.29) is 5.91 Å². The van der Waals surface area contributed by atoms with E-state index in [0.29, 0.717) is 23.3 Å². The first-order valence-corrected chi connectivity index (χ1v) is 4.08. The summed E-state index contributed by atoms with van der Waals surface area (Å²) in [6.07, 6.45) is 3.43. The Kier molecular flexibility index (Phi) is 1.56. The molecule has 0 saturated carbocycles. The number of hydrogen-bond donors (Lipinski definition) is 1. The molecule has 1 N–H and O–H groups in total. The molecule has 13 heavy (non-hydrogen) atoms. The lowest BCUT2D eigenvalue weighted by Crippen LogP contribution is -2.13. The van der Waals surface area contributed by atoms with Crippen LogP contribution in [0, 0.1) is 11.3 Å². The summed E-state index contributed by atoms with van der Waals surface area (Å²) in [5, 5.41) is 11.4. The Balaban J connectivity index is 2.61. The Morgan fingerprint density at radius 1 is 1.62 bits per heavy atom. The summed E-state index contributed by atoms with van der Waals surface area (Å²) in [5.41, 5.74) is 2.53. The first kappa shape index (κ1) is 7.81. The van der Waals surface area contributed by atoms with Crippen LogP contribution in [0.25, 0.3) is 0 Å². The molecule has 1 aliphatic heterocycles. The average Bonchev–Trinajstić information content (AvgIpc) is 2.43. The SMILES string of the molecule is C=C1NC(=O)C2=C(C#N)CCC=C12. The molecule has 0 radical (unpaired) electrons. The van der Waals surface area contributed by atoms with E-state index in [0.717, 1.165) is 12.0 Å². The maximum Gasteiger partial charge on any atom is 0.257 e. The quantitative estimate of drug-likeness (QED) is 0.596. The van der Waals surface area contributed by atoms with Gasteiger partial charge in [-0.3, -0.25) is 4.79 Å². The number of fused-ring (bicyclic) bond motifs is 1. The van der Waals surface area contributed by atoms with Gasteiger partial charge in [-0.05, 0) is 12.8 Å². The van der Waals surface area contributed by atoms with Crippen LogP contribution in [0.5, 0.6) is 0 Å². The molecule has 0 unspecified atom stereocenters. The number of nitriles is 1. The van der Waals surface area contributed by atoms with E-state index in [1.807, 2.05) is 6.08 Å². The molecule has 1 aliphatic carbocycles. The maximum atomic E-state index is 11.4. The van der Waals surface area contributed by atoms with Gasteiger partial charge in [-0.1, -0.05) is 12.7 Å². The zero-order valence-corrected chi connectivity index (χ0v) is 7.05. The summed E-state index contributed by atoms with van der Waals surface area (Å²) in [6.45, 7) is 3.71. The van der Waals surface area contributed by atoms with E-state index < -0.39 is 0 Å². The molecule has 3 nitrogen and oxygen atoms in total. The zero-order valence-electron chi connectivity index (χ0n) is 7.05. The summed E-state index contributed by atoms with van der Waals surface area (Å²) in [4.78, 5) is 11.4. The number of amides is 1. The molecule has 2 aliphatic rings. The van der Waals surface area contributed by atoms with E-state index in [1.165, 1.54) is 0 Å². The van der Waals surface area contributed by atoms with Crippen LogP contribution in [-0.2, 0) is 4.79 Å². The highest BCUT2D eigenvalue weighted by Crippen LogP contribution is 2.32. The third-order valence-corrected chi connectivity index (χ3v) is 2.27. The number of carbonyl (C=O) groups excluding carboxylic acids is 1. The molecule has 64 valence electrons. The second-order valence-electron chi connectivity index (χ2n) is 3.05. The first-order valence-electron chi connectivity index (χ1n) is 4.08. The predicted molar refractivity (Wildman–Crippen MR) is 47.2 cm³/mol. The van der Waals surface area contributed by atoms with Crippen molar-refractivity contribution in [3.05, 3.63) is 35.1 Å². The van der Waals surface area contributed by atoms with Gasteiger partial charge < -0.3 is 5.32 Å². The second-order valence-corrected chi connectivity index (χ2v) is 3.05. The van der Waals surface area contributed by atoms with Crippen molar-refractivity contribution >= 4 is 5.91 Å².